The van der Waals surface area contributed by atoms with Crippen LogP contribution in [0.3, 0.4) is 0 Å². The van der Waals surface area contributed by atoms with E-state index in [0.717, 1.165) is 17.2 Å². The summed E-state index contributed by atoms with van der Waals surface area (Å²) in [5, 5.41) is 3.06. The molecule has 1 aromatic rings. The van der Waals surface area contributed by atoms with Crippen LogP contribution in [0, 0.1) is 0 Å². The highest BCUT2D eigenvalue weighted by atomic mass is 16.5. The number of benzene rings is 1. The van der Waals surface area contributed by atoms with E-state index < -0.39 is 0 Å². The van der Waals surface area contributed by atoms with Gasteiger partial charge in [-0.3, -0.25) is 0 Å². The molecule has 3 heteroatoms. The molecule has 14 heavy (non-hydrogen) atoms. The van der Waals surface area contributed by atoms with Crippen molar-refractivity contribution in [3.05, 3.63) is 18.2 Å². The molecule has 0 atom stereocenters. The largest absolute Gasteiger partial charge is 0.493 e. The van der Waals surface area contributed by atoms with E-state index in [-0.39, 0.29) is 6.10 Å². The van der Waals surface area contributed by atoms with Crippen molar-refractivity contribution in [1.29, 1.82) is 0 Å². The summed E-state index contributed by atoms with van der Waals surface area (Å²) >= 11 is 0. The molecule has 1 N–H and O–H groups in total. The number of ether oxygens (including phenoxy) is 2. The highest BCUT2D eigenvalue weighted by Crippen LogP contribution is 2.30. The fourth-order valence-corrected chi connectivity index (χ4v) is 1.18. The van der Waals surface area contributed by atoms with Crippen molar-refractivity contribution in [3.8, 4) is 11.5 Å². The van der Waals surface area contributed by atoms with Gasteiger partial charge in [0.2, 0.25) is 0 Å². The topological polar surface area (TPSA) is 30.5 Å². The second kappa shape index (κ2) is 4.74. The lowest BCUT2D eigenvalue weighted by molar-refractivity contribution is 0.230. The third kappa shape index (κ3) is 2.55. The molecule has 0 spiro atoms. The molecule has 0 saturated carbocycles. The Morgan fingerprint density at radius 1 is 1.21 bits per heavy atom. The van der Waals surface area contributed by atoms with Crippen LogP contribution in [-0.4, -0.2) is 20.3 Å². The molecule has 1 aromatic carbocycles. The first-order valence-corrected chi connectivity index (χ1v) is 4.69. The summed E-state index contributed by atoms with van der Waals surface area (Å²) in [6.45, 7) is 3.98. The predicted octanol–water partition coefficient (Wildman–Crippen LogP) is 2.52. The van der Waals surface area contributed by atoms with Crippen molar-refractivity contribution >= 4 is 5.69 Å². The van der Waals surface area contributed by atoms with Gasteiger partial charge in [-0.1, -0.05) is 0 Å². The number of rotatable bonds is 4. The number of hydrogen-bond donors (Lipinski definition) is 1. The van der Waals surface area contributed by atoms with Gasteiger partial charge in [0, 0.05) is 18.8 Å². The first-order valence-electron chi connectivity index (χ1n) is 4.69. The van der Waals surface area contributed by atoms with E-state index in [0.29, 0.717) is 0 Å². The minimum absolute atomic E-state index is 0.149. The van der Waals surface area contributed by atoms with Crippen LogP contribution in [0.15, 0.2) is 18.2 Å². The van der Waals surface area contributed by atoms with Gasteiger partial charge < -0.3 is 14.8 Å². The maximum atomic E-state index is 5.61. The number of nitrogens with one attached hydrogen (secondary N) is 1. The van der Waals surface area contributed by atoms with Gasteiger partial charge in [0.15, 0.2) is 11.5 Å². The second-order valence-corrected chi connectivity index (χ2v) is 3.28. The van der Waals surface area contributed by atoms with Crippen LogP contribution in [-0.2, 0) is 0 Å². The Morgan fingerprint density at radius 3 is 2.43 bits per heavy atom. The summed E-state index contributed by atoms with van der Waals surface area (Å²) in [4.78, 5) is 0. The molecular weight excluding hydrogens is 178 g/mol. The molecule has 0 radical (unpaired) electrons. The van der Waals surface area contributed by atoms with Gasteiger partial charge in [-0.2, -0.15) is 0 Å². The Kier molecular flexibility index (Phi) is 3.63. The van der Waals surface area contributed by atoms with Crippen LogP contribution >= 0.6 is 0 Å². The predicted molar refractivity (Wildman–Crippen MR) is 58.3 cm³/mol. The van der Waals surface area contributed by atoms with Gasteiger partial charge in [0.05, 0.1) is 13.2 Å². The van der Waals surface area contributed by atoms with E-state index in [1.807, 2.05) is 39.1 Å². The van der Waals surface area contributed by atoms with E-state index in [2.05, 4.69) is 5.32 Å². The number of hydrogen-bond acceptors (Lipinski definition) is 3. The second-order valence-electron chi connectivity index (χ2n) is 3.28. The molecule has 0 fully saturated rings. The molecule has 0 bridgehead atoms. The first kappa shape index (κ1) is 10.7. The SMILES string of the molecule is CNc1ccc(OC)c(OC(C)C)c1. The van der Waals surface area contributed by atoms with Crippen LogP contribution in [0.5, 0.6) is 11.5 Å². The third-order valence-corrected chi connectivity index (χ3v) is 1.81. The summed E-state index contributed by atoms with van der Waals surface area (Å²) in [5.74, 6) is 1.53. The van der Waals surface area contributed by atoms with Crippen molar-refractivity contribution in [1.82, 2.24) is 0 Å². The summed E-state index contributed by atoms with van der Waals surface area (Å²) in [6.07, 6.45) is 0.149. The zero-order valence-electron chi connectivity index (χ0n) is 9.13. The van der Waals surface area contributed by atoms with Crippen LogP contribution in [0.4, 0.5) is 5.69 Å². The van der Waals surface area contributed by atoms with Crippen LogP contribution < -0.4 is 14.8 Å². The van der Waals surface area contributed by atoms with E-state index >= 15 is 0 Å². The van der Waals surface area contributed by atoms with Crippen LogP contribution in [0.25, 0.3) is 0 Å². The summed E-state index contributed by atoms with van der Waals surface area (Å²) in [5.41, 5.74) is 1.02. The minimum atomic E-state index is 0.149. The van der Waals surface area contributed by atoms with E-state index in [9.17, 15) is 0 Å². The molecule has 0 aliphatic carbocycles. The maximum absolute atomic E-state index is 5.61. The average Bonchev–Trinajstić information content (AvgIpc) is 2.16. The fraction of sp³-hybridized carbons (Fsp3) is 0.455. The molecule has 0 saturated heterocycles. The summed E-state index contributed by atoms with van der Waals surface area (Å²) in [7, 11) is 3.52. The van der Waals surface area contributed by atoms with Crippen LogP contribution in [0.2, 0.25) is 0 Å². The average molecular weight is 195 g/mol. The fourth-order valence-electron chi connectivity index (χ4n) is 1.18. The van der Waals surface area contributed by atoms with Crippen molar-refractivity contribution in [3.63, 3.8) is 0 Å². The molecule has 0 aliphatic heterocycles. The Hall–Kier alpha value is -1.38. The van der Waals surface area contributed by atoms with Gasteiger partial charge in [-0.25, -0.2) is 0 Å². The molecule has 1 rings (SSSR count). The lowest BCUT2D eigenvalue weighted by Crippen LogP contribution is -2.07. The van der Waals surface area contributed by atoms with E-state index in [1.165, 1.54) is 0 Å². The number of methoxy groups -OCH3 is 1. The van der Waals surface area contributed by atoms with Gasteiger partial charge in [0.25, 0.3) is 0 Å². The zero-order valence-corrected chi connectivity index (χ0v) is 9.13. The molecule has 3 nitrogen and oxygen atoms in total. The quantitative estimate of drug-likeness (QED) is 0.800. The number of anilines is 1. The minimum Gasteiger partial charge on any atom is -0.493 e. The first-order chi connectivity index (χ1) is 6.67. The van der Waals surface area contributed by atoms with Gasteiger partial charge in [-0.05, 0) is 26.0 Å². The summed E-state index contributed by atoms with van der Waals surface area (Å²) in [6, 6.07) is 5.77. The van der Waals surface area contributed by atoms with Gasteiger partial charge >= 0.3 is 0 Å². The third-order valence-electron chi connectivity index (χ3n) is 1.81. The van der Waals surface area contributed by atoms with Crippen molar-refractivity contribution in [2.24, 2.45) is 0 Å². The van der Waals surface area contributed by atoms with Crippen molar-refractivity contribution in [2.45, 2.75) is 20.0 Å². The molecule has 0 heterocycles. The molecule has 0 aromatic heterocycles. The lowest BCUT2D eigenvalue weighted by atomic mass is 10.2. The highest BCUT2D eigenvalue weighted by molar-refractivity contribution is 5.54. The maximum Gasteiger partial charge on any atom is 0.163 e. The van der Waals surface area contributed by atoms with E-state index in [1.54, 1.807) is 7.11 Å². The Balaban J connectivity index is 2.96. The van der Waals surface area contributed by atoms with E-state index in [4.69, 9.17) is 9.47 Å². The summed E-state index contributed by atoms with van der Waals surface area (Å²) < 4.78 is 10.8. The molecule has 0 amide bonds. The van der Waals surface area contributed by atoms with Gasteiger partial charge in [0.1, 0.15) is 0 Å². The van der Waals surface area contributed by atoms with Gasteiger partial charge in [-0.15, -0.1) is 0 Å². The van der Waals surface area contributed by atoms with Crippen molar-refractivity contribution in [2.75, 3.05) is 19.5 Å². The normalized spacial score (nSPS) is 10.1. The highest BCUT2D eigenvalue weighted by Gasteiger charge is 2.06. The standard InChI is InChI=1S/C11H17NO2/c1-8(2)14-11-7-9(12-3)5-6-10(11)13-4/h5-8,12H,1-4H3. The molecule has 0 unspecified atom stereocenters. The Morgan fingerprint density at radius 2 is 1.93 bits per heavy atom. The molecule has 78 valence electrons. The Bertz CT molecular complexity index is 297. The monoisotopic (exact) mass is 195 g/mol. The van der Waals surface area contributed by atoms with Crippen molar-refractivity contribution < 1.29 is 9.47 Å². The Labute approximate surface area is 85.0 Å². The zero-order chi connectivity index (χ0) is 10.6. The molecular formula is C11H17NO2. The van der Waals surface area contributed by atoms with Crippen LogP contribution in [0.1, 0.15) is 13.8 Å². The lowest BCUT2D eigenvalue weighted by Gasteiger charge is -2.14. The molecule has 0 aliphatic rings. The smallest absolute Gasteiger partial charge is 0.163 e.